The van der Waals surface area contributed by atoms with E-state index >= 15 is 0 Å². The summed E-state index contributed by atoms with van der Waals surface area (Å²) in [5, 5.41) is 11.4. The van der Waals surface area contributed by atoms with Gasteiger partial charge < -0.3 is 16.2 Å². The fourth-order valence-corrected chi connectivity index (χ4v) is 1.94. The van der Waals surface area contributed by atoms with Crippen molar-refractivity contribution in [3.63, 3.8) is 0 Å². The molecule has 5 heteroatoms. The second-order valence-corrected chi connectivity index (χ2v) is 5.34. The number of hydrogen-bond donors (Lipinski definition) is 3. The van der Waals surface area contributed by atoms with Crippen LogP contribution in [0.5, 0.6) is 0 Å². The highest BCUT2D eigenvalue weighted by molar-refractivity contribution is 5.76. The van der Waals surface area contributed by atoms with Crippen LogP contribution in [0.2, 0.25) is 0 Å². The minimum absolute atomic E-state index is 0.0380. The van der Waals surface area contributed by atoms with Crippen molar-refractivity contribution < 1.29 is 14.7 Å². The highest BCUT2D eigenvalue weighted by Crippen LogP contribution is 2.14. The maximum atomic E-state index is 11.7. The van der Waals surface area contributed by atoms with Crippen molar-refractivity contribution in [3.05, 3.63) is 0 Å². The van der Waals surface area contributed by atoms with E-state index in [4.69, 9.17) is 10.8 Å². The van der Waals surface area contributed by atoms with Crippen molar-refractivity contribution in [2.24, 2.45) is 17.6 Å². The van der Waals surface area contributed by atoms with Gasteiger partial charge in [0.25, 0.3) is 0 Å². The molecule has 0 saturated heterocycles. The first-order valence-corrected chi connectivity index (χ1v) is 6.56. The minimum atomic E-state index is -0.837. The molecule has 1 amide bonds. The van der Waals surface area contributed by atoms with E-state index in [1.54, 1.807) is 0 Å². The summed E-state index contributed by atoms with van der Waals surface area (Å²) in [6, 6.07) is -0.105. The van der Waals surface area contributed by atoms with E-state index in [2.05, 4.69) is 19.2 Å². The number of nitrogens with one attached hydrogen (secondary N) is 1. The lowest BCUT2D eigenvalue weighted by atomic mass is 9.94. The molecule has 106 valence electrons. The van der Waals surface area contributed by atoms with Gasteiger partial charge in [0.05, 0.1) is 0 Å². The maximum Gasteiger partial charge on any atom is 0.303 e. The number of carbonyl (C=O) groups is 2. The van der Waals surface area contributed by atoms with Crippen molar-refractivity contribution >= 4 is 11.9 Å². The van der Waals surface area contributed by atoms with E-state index in [0.717, 1.165) is 6.42 Å². The summed E-state index contributed by atoms with van der Waals surface area (Å²) in [5.41, 5.74) is 5.64. The van der Waals surface area contributed by atoms with Crippen LogP contribution in [0.15, 0.2) is 0 Å². The van der Waals surface area contributed by atoms with Gasteiger partial charge in [0.15, 0.2) is 0 Å². The van der Waals surface area contributed by atoms with Crippen molar-refractivity contribution in [2.45, 2.75) is 52.5 Å². The molecule has 0 aliphatic carbocycles. The van der Waals surface area contributed by atoms with E-state index < -0.39 is 5.97 Å². The molecule has 0 fully saturated rings. The number of nitrogens with two attached hydrogens (primary N) is 1. The third-order valence-corrected chi connectivity index (χ3v) is 2.81. The van der Waals surface area contributed by atoms with Crippen molar-refractivity contribution in [1.82, 2.24) is 5.32 Å². The lowest BCUT2D eigenvalue weighted by Gasteiger charge is -2.18. The topological polar surface area (TPSA) is 92.4 Å². The Kier molecular flexibility index (Phi) is 8.37. The largest absolute Gasteiger partial charge is 0.481 e. The number of amides is 1. The first-order valence-electron chi connectivity index (χ1n) is 6.56. The van der Waals surface area contributed by atoms with Gasteiger partial charge in [-0.3, -0.25) is 9.59 Å². The second kappa shape index (κ2) is 8.91. The molecule has 0 aromatic carbocycles. The summed E-state index contributed by atoms with van der Waals surface area (Å²) < 4.78 is 0. The fourth-order valence-electron chi connectivity index (χ4n) is 1.94. The molecular weight excluding hydrogens is 232 g/mol. The predicted octanol–water partition coefficient (Wildman–Crippen LogP) is 1.37. The lowest BCUT2D eigenvalue weighted by molar-refractivity contribution is -0.137. The molecule has 0 aromatic heterocycles. The SMILES string of the molecule is CC(C)CC(CN)CC(=O)NC(C)CCC(=O)O. The van der Waals surface area contributed by atoms with Crippen LogP contribution in [-0.4, -0.2) is 29.6 Å². The summed E-state index contributed by atoms with van der Waals surface area (Å²) in [6.07, 6.45) is 1.89. The average Bonchev–Trinajstić information content (AvgIpc) is 2.24. The highest BCUT2D eigenvalue weighted by atomic mass is 16.4. The monoisotopic (exact) mass is 258 g/mol. The van der Waals surface area contributed by atoms with Gasteiger partial charge in [-0.05, 0) is 38.1 Å². The number of carboxylic acid groups (broad SMARTS) is 1. The Balaban J connectivity index is 3.96. The fraction of sp³-hybridized carbons (Fsp3) is 0.846. The van der Waals surface area contributed by atoms with Crippen molar-refractivity contribution in [1.29, 1.82) is 0 Å². The third kappa shape index (κ3) is 8.98. The van der Waals surface area contributed by atoms with E-state index in [0.29, 0.717) is 25.3 Å². The van der Waals surface area contributed by atoms with Gasteiger partial charge in [-0.1, -0.05) is 13.8 Å². The standard InChI is InChI=1S/C13H26N2O3/c1-9(2)6-11(8-14)7-12(16)15-10(3)4-5-13(17)18/h9-11H,4-8,14H2,1-3H3,(H,15,16)(H,17,18). The molecule has 4 N–H and O–H groups in total. The average molecular weight is 258 g/mol. The van der Waals surface area contributed by atoms with Gasteiger partial charge >= 0.3 is 5.97 Å². The molecule has 0 saturated carbocycles. The smallest absolute Gasteiger partial charge is 0.303 e. The number of aliphatic carboxylic acids is 1. The summed E-state index contributed by atoms with van der Waals surface area (Å²) in [7, 11) is 0. The molecule has 0 aliphatic heterocycles. The third-order valence-electron chi connectivity index (χ3n) is 2.81. The van der Waals surface area contributed by atoms with Crippen LogP contribution < -0.4 is 11.1 Å². The molecule has 2 atom stereocenters. The Labute approximate surface area is 109 Å². The molecule has 0 aliphatic rings. The Hall–Kier alpha value is -1.10. The second-order valence-electron chi connectivity index (χ2n) is 5.34. The Bertz CT molecular complexity index is 267. The summed E-state index contributed by atoms with van der Waals surface area (Å²) >= 11 is 0. The molecule has 0 bridgehead atoms. The molecular formula is C13H26N2O3. The Morgan fingerprint density at radius 2 is 1.89 bits per heavy atom. The molecule has 0 radical (unpaired) electrons. The number of rotatable bonds is 9. The van der Waals surface area contributed by atoms with Crippen LogP contribution >= 0.6 is 0 Å². The molecule has 0 heterocycles. The lowest BCUT2D eigenvalue weighted by Crippen LogP contribution is -2.35. The number of carbonyl (C=O) groups excluding carboxylic acids is 1. The van der Waals surface area contributed by atoms with Gasteiger partial charge in [0.2, 0.25) is 5.91 Å². The summed E-state index contributed by atoms with van der Waals surface area (Å²) in [6.45, 7) is 6.54. The zero-order valence-corrected chi connectivity index (χ0v) is 11.6. The number of carboxylic acids is 1. The Morgan fingerprint density at radius 3 is 2.33 bits per heavy atom. The van der Waals surface area contributed by atoms with Gasteiger partial charge in [-0.25, -0.2) is 0 Å². The molecule has 0 rings (SSSR count). The van der Waals surface area contributed by atoms with Gasteiger partial charge in [-0.15, -0.1) is 0 Å². The molecule has 18 heavy (non-hydrogen) atoms. The van der Waals surface area contributed by atoms with Crippen molar-refractivity contribution in [2.75, 3.05) is 6.54 Å². The first-order chi connectivity index (χ1) is 8.35. The highest BCUT2D eigenvalue weighted by Gasteiger charge is 2.15. The van der Waals surface area contributed by atoms with Crippen LogP contribution in [-0.2, 0) is 9.59 Å². The molecule has 2 unspecified atom stereocenters. The van der Waals surface area contributed by atoms with Gasteiger partial charge in [-0.2, -0.15) is 0 Å². The van der Waals surface area contributed by atoms with Crippen LogP contribution in [0.4, 0.5) is 0 Å². The molecule has 0 spiro atoms. The normalized spacial score (nSPS) is 14.3. The number of hydrogen-bond acceptors (Lipinski definition) is 3. The van der Waals surface area contributed by atoms with E-state index in [1.165, 1.54) is 0 Å². The summed E-state index contributed by atoms with van der Waals surface area (Å²) in [5.74, 6) is -0.146. The van der Waals surface area contributed by atoms with Crippen molar-refractivity contribution in [3.8, 4) is 0 Å². The molecule has 5 nitrogen and oxygen atoms in total. The van der Waals surface area contributed by atoms with Gasteiger partial charge in [0.1, 0.15) is 0 Å². The predicted molar refractivity (Wildman–Crippen MR) is 71.1 cm³/mol. The van der Waals surface area contributed by atoms with Crippen LogP contribution in [0.1, 0.15) is 46.5 Å². The van der Waals surface area contributed by atoms with Crippen LogP contribution in [0.25, 0.3) is 0 Å². The quantitative estimate of drug-likeness (QED) is 0.582. The maximum absolute atomic E-state index is 11.7. The van der Waals surface area contributed by atoms with Crippen LogP contribution in [0, 0.1) is 11.8 Å². The van der Waals surface area contributed by atoms with E-state index in [-0.39, 0.29) is 24.3 Å². The zero-order valence-electron chi connectivity index (χ0n) is 11.6. The first kappa shape index (κ1) is 16.9. The summed E-state index contributed by atoms with van der Waals surface area (Å²) in [4.78, 5) is 22.1. The molecule has 0 aromatic rings. The minimum Gasteiger partial charge on any atom is -0.481 e. The Morgan fingerprint density at radius 1 is 1.28 bits per heavy atom. The van der Waals surface area contributed by atoms with E-state index in [9.17, 15) is 9.59 Å². The van der Waals surface area contributed by atoms with E-state index in [1.807, 2.05) is 6.92 Å². The van der Waals surface area contributed by atoms with Gasteiger partial charge in [0, 0.05) is 18.9 Å². The van der Waals surface area contributed by atoms with Crippen LogP contribution in [0.3, 0.4) is 0 Å². The zero-order chi connectivity index (χ0) is 14.1.